The number of sulfone groups is 1. The Balaban J connectivity index is 1.63. The van der Waals surface area contributed by atoms with Crippen molar-refractivity contribution < 1.29 is 12.8 Å². The van der Waals surface area contributed by atoms with Crippen molar-refractivity contribution in [2.75, 3.05) is 11.5 Å². The van der Waals surface area contributed by atoms with E-state index in [4.69, 9.17) is 0 Å². The van der Waals surface area contributed by atoms with Crippen LogP contribution in [0.25, 0.3) is 10.9 Å². The van der Waals surface area contributed by atoms with Gasteiger partial charge in [-0.1, -0.05) is 30.3 Å². The van der Waals surface area contributed by atoms with Crippen LogP contribution in [0.4, 0.5) is 4.39 Å². The molecule has 4 rings (SSSR count). The van der Waals surface area contributed by atoms with E-state index in [-0.39, 0.29) is 35.5 Å². The van der Waals surface area contributed by atoms with Gasteiger partial charge >= 0.3 is 0 Å². The average molecular weight is 415 g/mol. The minimum atomic E-state index is -2.98. The molecule has 0 bridgehead atoms. The van der Waals surface area contributed by atoms with E-state index in [1.165, 1.54) is 12.1 Å². The van der Waals surface area contributed by atoms with Crippen LogP contribution >= 0.6 is 0 Å². The highest BCUT2D eigenvalue weighted by Gasteiger charge is 2.27. The van der Waals surface area contributed by atoms with Gasteiger partial charge in [0, 0.05) is 24.7 Å². The van der Waals surface area contributed by atoms with Gasteiger partial charge in [-0.05, 0) is 48.1 Å². The van der Waals surface area contributed by atoms with Crippen molar-refractivity contribution in [3.63, 3.8) is 0 Å². The summed E-state index contributed by atoms with van der Waals surface area (Å²) in [6, 6.07) is 15.9. The Labute approximate surface area is 169 Å². The smallest absolute Gasteiger partial charge is 0.255 e. The normalized spacial score (nSPS) is 18.3. The standard InChI is InChI=1S/C22H23FN2O3S/c23-19-7-6-17-12-18(14-24-20-9-11-29(27,28)15-20)22(26)25(21(17)13-19)10-8-16-4-2-1-3-5-16/h1-7,12-13,20,24H,8-11,14-15H2/t20-/m1/s1. The largest absolute Gasteiger partial charge is 0.309 e. The Morgan fingerprint density at radius 1 is 1.10 bits per heavy atom. The van der Waals surface area contributed by atoms with Gasteiger partial charge in [-0.2, -0.15) is 0 Å². The summed E-state index contributed by atoms with van der Waals surface area (Å²) in [6.45, 7) is 0.728. The van der Waals surface area contributed by atoms with Crippen LogP contribution in [0.1, 0.15) is 17.5 Å². The summed E-state index contributed by atoms with van der Waals surface area (Å²) in [5, 5.41) is 3.99. The van der Waals surface area contributed by atoms with E-state index in [1.54, 1.807) is 16.7 Å². The van der Waals surface area contributed by atoms with Gasteiger partial charge in [0.25, 0.3) is 5.56 Å². The van der Waals surface area contributed by atoms with E-state index in [9.17, 15) is 17.6 Å². The molecule has 1 aromatic heterocycles. The number of benzene rings is 2. The first-order valence-corrected chi connectivity index (χ1v) is 11.5. The number of rotatable bonds is 6. The lowest BCUT2D eigenvalue weighted by Gasteiger charge is -2.15. The molecule has 1 aliphatic rings. The molecular formula is C22H23FN2O3S. The molecule has 1 atom stereocenters. The van der Waals surface area contributed by atoms with Crippen LogP contribution in [0.15, 0.2) is 59.4 Å². The molecule has 2 aromatic carbocycles. The predicted molar refractivity (Wildman–Crippen MR) is 112 cm³/mol. The lowest BCUT2D eigenvalue weighted by Crippen LogP contribution is -2.33. The zero-order chi connectivity index (χ0) is 20.4. The van der Waals surface area contributed by atoms with Crippen LogP contribution in [0, 0.1) is 5.82 Å². The summed E-state index contributed by atoms with van der Waals surface area (Å²) < 4.78 is 38.8. The monoisotopic (exact) mass is 414 g/mol. The Bertz CT molecular complexity index is 1190. The number of fused-ring (bicyclic) bond motifs is 1. The fourth-order valence-corrected chi connectivity index (χ4v) is 5.56. The molecule has 3 aromatic rings. The zero-order valence-corrected chi connectivity index (χ0v) is 16.8. The molecule has 0 aliphatic carbocycles. The first kappa shape index (κ1) is 19.8. The number of halogens is 1. The fraction of sp³-hybridized carbons (Fsp3) is 0.318. The minimum Gasteiger partial charge on any atom is -0.309 e. The lowest BCUT2D eigenvalue weighted by atomic mass is 10.1. The van der Waals surface area contributed by atoms with Crippen molar-refractivity contribution in [2.45, 2.75) is 32.0 Å². The van der Waals surface area contributed by atoms with Gasteiger partial charge in [-0.25, -0.2) is 12.8 Å². The van der Waals surface area contributed by atoms with E-state index < -0.39 is 9.84 Å². The Morgan fingerprint density at radius 3 is 2.62 bits per heavy atom. The highest BCUT2D eigenvalue weighted by atomic mass is 32.2. The molecule has 5 nitrogen and oxygen atoms in total. The van der Waals surface area contributed by atoms with Crippen molar-refractivity contribution in [3.05, 3.63) is 81.9 Å². The molecule has 0 unspecified atom stereocenters. The second-order valence-electron chi connectivity index (χ2n) is 7.55. The Kier molecular flexibility index (Phi) is 5.52. The molecule has 0 radical (unpaired) electrons. The van der Waals surface area contributed by atoms with Crippen molar-refractivity contribution in [1.82, 2.24) is 9.88 Å². The molecule has 152 valence electrons. The number of pyridine rings is 1. The van der Waals surface area contributed by atoms with E-state index in [0.717, 1.165) is 10.9 Å². The third-order valence-electron chi connectivity index (χ3n) is 5.41. The summed E-state index contributed by atoms with van der Waals surface area (Å²) in [5.41, 5.74) is 2.05. The van der Waals surface area contributed by atoms with Crippen molar-refractivity contribution in [1.29, 1.82) is 0 Å². The molecule has 1 fully saturated rings. The molecule has 1 saturated heterocycles. The van der Waals surface area contributed by atoms with E-state index in [0.29, 0.717) is 30.5 Å². The van der Waals surface area contributed by atoms with Crippen LogP contribution in [-0.4, -0.2) is 30.5 Å². The van der Waals surface area contributed by atoms with Crippen molar-refractivity contribution in [2.24, 2.45) is 0 Å². The third kappa shape index (κ3) is 4.57. The summed E-state index contributed by atoms with van der Waals surface area (Å²) in [6.07, 6.45) is 1.22. The van der Waals surface area contributed by atoms with E-state index in [1.807, 2.05) is 30.3 Å². The highest BCUT2D eigenvalue weighted by molar-refractivity contribution is 7.91. The van der Waals surface area contributed by atoms with Crippen molar-refractivity contribution >= 4 is 20.7 Å². The number of hydrogen-bond acceptors (Lipinski definition) is 4. The molecule has 0 saturated carbocycles. The van der Waals surface area contributed by atoms with Gasteiger partial charge in [-0.3, -0.25) is 4.79 Å². The fourth-order valence-electron chi connectivity index (χ4n) is 3.85. The number of aryl methyl sites for hydroxylation is 2. The molecule has 0 amide bonds. The maximum atomic E-state index is 13.9. The van der Waals surface area contributed by atoms with E-state index >= 15 is 0 Å². The molecule has 1 aliphatic heterocycles. The molecular weight excluding hydrogens is 391 g/mol. The maximum absolute atomic E-state index is 13.9. The second kappa shape index (κ2) is 8.08. The predicted octanol–water partition coefficient (Wildman–Crippen LogP) is 2.66. The molecule has 29 heavy (non-hydrogen) atoms. The zero-order valence-electron chi connectivity index (χ0n) is 16.0. The molecule has 2 heterocycles. The number of hydrogen-bond donors (Lipinski definition) is 1. The van der Waals surface area contributed by atoms with Gasteiger partial charge in [0.1, 0.15) is 5.82 Å². The van der Waals surface area contributed by atoms with Crippen LogP contribution in [-0.2, 0) is 29.3 Å². The van der Waals surface area contributed by atoms with Crippen molar-refractivity contribution in [3.8, 4) is 0 Å². The van der Waals surface area contributed by atoms with Gasteiger partial charge in [0.05, 0.1) is 17.0 Å². The van der Waals surface area contributed by atoms with Crippen LogP contribution in [0.5, 0.6) is 0 Å². The summed E-state index contributed by atoms with van der Waals surface area (Å²) >= 11 is 0. The topological polar surface area (TPSA) is 68.2 Å². The summed E-state index contributed by atoms with van der Waals surface area (Å²) in [4.78, 5) is 13.1. The van der Waals surface area contributed by atoms with Gasteiger partial charge in [0.15, 0.2) is 9.84 Å². The summed E-state index contributed by atoms with van der Waals surface area (Å²) in [5.74, 6) is -0.0934. The first-order chi connectivity index (χ1) is 13.9. The molecule has 0 spiro atoms. The Hall–Kier alpha value is -2.51. The average Bonchev–Trinajstić information content (AvgIpc) is 3.05. The highest BCUT2D eigenvalue weighted by Crippen LogP contribution is 2.17. The lowest BCUT2D eigenvalue weighted by molar-refractivity contribution is 0.548. The number of aromatic nitrogens is 1. The first-order valence-electron chi connectivity index (χ1n) is 9.71. The molecule has 7 heteroatoms. The third-order valence-corrected chi connectivity index (χ3v) is 7.18. The van der Waals surface area contributed by atoms with Gasteiger partial charge in [0.2, 0.25) is 0 Å². The maximum Gasteiger partial charge on any atom is 0.255 e. The summed E-state index contributed by atoms with van der Waals surface area (Å²) in [7, 11) is -2.98. The Morgan fingerprint density at radius 2 is 1.90 bits per heavy atom. The van der Waals surface area contributed by atoms with E-state index in [2.05, 4.69) is 5.32 Å². The second-order valence-corrected chi connectivity index (χ2v) is 9.77. The molecule has 1 N–H and O–H groups in total. The minimum absolute atomic E-state index is 0.105. The number of nitrogens with zero attached hydrogens (tertiary/aromatic N) is 1. The quantitative estimate of drug-likeness (QED) is 0.673. The van der Waals surface area contributed by atoms with Crippen LogP contribution in [0.3, 0.4) is 0 Å². The van der Waals surface area contributed by atoms with Gasteiger partial charge in [-0.15, -0.1) is 0 Å². The van der Waals surface area contributed by atoms with Crippen LogP contribution in [0.2, 0.25) is 0 Å². The number of nitrogens with one attached hydrogen (secondary N) is 1. The van der Waals surface area contributed by atoms with Gasteiger partial charge < -0.3 is 9.88 Å². The van der Waals surface area contributed by atoms with Crippen LogP contribution < -0.4 is 10.9 Å². The SMILES string of the molecule is O=c1c(CN[C@@H]2CCS(=O)(=O)C2)cc2ccc(F)cc2n1CCc1ccccc1.